The number of carboxylic acids is 1. The molecule has 0 aliphatic rings. The van der Waals surface area contributed by atoms with Gasteiger partial charge in [-0.15, -0.1) is 11.3 Å². The van der Waals surface area contributed by atoms with Gasteiger partial charge in [-0.3, -0.25) is 4.79 Å². The van der Waals surface area contributed by atoms with Crippen molar-refractivity contribution in [1.29, 1.82) is 0 Å². The van der Waals surface area contributed by atoms with Gasteiger partial charge in [0.1, 0.15) is 11.0 Å². The van der Waals surface area contributed by atoms with E-state index in [-0.39, 0.29) is 0 Å². The highest BCUT2D eigenvalue weighted by Crippen LogP contribution is 2.27. The van der Waals surface area contributed by atoms with Crippen LogP contribution in [0.1, 0.15) is 11.7 Å². The molecule has 6 heteroatoms. The monoisotopic (exact) mass is 277 g/mol. The van der Waals surface area contributed by atoms with Crippen LogP contribution in [0.15, 0.2) is 29.6 Å². The molecule has 3 N–H and O–H groups in total. The summed E-state index contributed by atoms with van der Waals surface area (Å²) in [5.41, 5.74) is 7.98. The maximum Gasteiger partial charge on any atom is 0.326 e. The number of nitrogens with two attached hydrogens (primary N) is 1. The van der Waals surface area contributed by atoms with Gasteiger partial charge in [0.2, 0.25) is 0 Å². The van der Waals surface area contributed by atoms with Crippen LogP contribution < -0.4 is 10.6 Å². The van der Waals surface area contributed by atoms with Crippen LogP contribution in [-0.2, 0) is 4.79 Å². The van der Waals surface area contributed by atoms with Crippen molar-refractivity contribution in [3.63, 3.8) is 0 Å². The molecule has 1 atom stereocenters. The molecule has 19 heavy (non-hydrogen) atoms. The minimum Gasteiger partial charge on any atom is -0.480 e. The third kappa shape index (κ3) is 2.91. The van der Waals surface area contributed by atoms with Crippen molar-refractivity contribution in [2.75, 3.05) is 19.0 Å². The van der Waals surface area contributed by atoms with E-state index in [1.54, 1.807) is 5.38 Å². The lowest BCUT2D eigenvalue weighted by Gasteiger charge is -2.12. The Kier molecular flexibility index (Phi) is 3.82. The highest BCUT2D eigenvalue weighted by Gasteiger charge is 2.18. The van der Waals surface area contributed by atoms with Crippen molar-refractivity contribution >= 4 is 23.0 Å². The van der Waals surface area contributed by atoms with E-state index in [9.17, 15) is 4.79 Å². The summed E-state index contributed by atoms with van der Waals surface area (Å²) in [6, 6.07) is 6.85. The van der Waals surface area contributed by atoms with E-state index in [1.807, 2.05) is 43.3 Å². The number of aromatic nitrogens is 1. The second kappa shape index (κ2) is 5.38. The average Bonchev–Trinajstić information content (AvgIpc) is 2.87. The molecule has 0 aliphatic carbocycles. The number of aliphatic carboxylic acids is 1. The third-order valence-electron chi connectivity index (χ3n) is 2.74. The first-order valence-corrected chi connectivity index (χ1v) is 6.58. The molecule has 100 valence electrons. The lowest BCUT2D eigenvalue weighted by molar-refractivity contribution is -0.138. The maximum atomic E-state index is 10.8. The molecule has 1 heterocycles. The van der Waals surface area contributed by atoms with E-state index in [0.29, 0.717) is 5.69 Å². The number of rotatable bonds is 4. The fourth-order valence-electron chi connectivity index (χ4n) is 1.59. The van der Waals surface area contributed by atoms with Crippen LogP contribution in [0.3, 0.4) is 0 Å². The molecular weight excluding hydrogens is 262 g/mol. The Labute approximate surface area is 115 Å². The van der Waals surface area contributed by atoms with Crippen LogP contribution in [0.25, 0.3) is 10.6 Å². The Morgan fingerprint density at radius 1 is 1.37 bits per heavy atom. The van der Waals surface area contributed by atoms with Gasteiger partial charge in [-0.1, -0.05) is 0 Å². The van der Waals surface area contributed by atoms with E-state index in [0.717, 1.165) is 16.3 Å². The second-order valence-electron chi connectivity index (χ2n) is 4.33. The first kappa shape index (κ1) is 13.5. The second-order valence-corrected chi connectivity index (χ2v) is 5.19. The van der Waals surface area contributed by atoms with Crippen molar-refractivity contribution in [3.05, 3.63) is 35.3 Å². The predicted molar refractivity (Wildman–Crippen MR) is 76.4 cm³/mol. The largest absolute Gasteiger partial charge is 0.480 e. The van der Waals surface area contributed by atoms with Crippen molar-refractivity contribution in [1.82, 2.24) is 4.98 Å². The molecule has 0 saturated carbocycles. The predicted octanol–water partition coefficient (Wildman–Crippen LogP) is 1.96. The van der Waals surface area contributed by atoms with Gasteiger partial charge in [0, 0.05) is 30.7 Å². The van der Waals surface area contributed by atoms with Crippen LogP contribution in [0.4, 0.5) is 5.69 Å². The fraction of sp³-hybridized carbons (Fsp3) is 0.231. The summed E-state index contributed by atoms with van der Waals surface area (Å²) in [6.07, 6.45) is 0. The van der Waals surface area contributed by atoms with Crippen LogP contribution in [0, 0.1) is 0 Å². The molecule has 5 nitrogen and oxygen atoms in total. The lowest BCUT2D eigenvalue weighted by Crippen LogP contribution is -2.20. The highest BCUT2D eigenvalue weighted by atomic mass is 32.1. The zero-order chi connectivity index (χ0) is 14.0. The Bertz CT molecular complexity index is 578. The van der Waals surface area contributed by atoms with Crippen molar-refractivity contribution in [2.24, 2.45) is 5.73 Å². The van der Waals surface area contributed by atoms with Crippen molar-refractivity contribution in [2.45, 2.75) is 6.04 Å². The minimum absolute atomic E-state index is 0.393. The molecular formula is C13H15N3O2S. The molecule has 0 fully saturated rings. The Morgan fingerprint density at radius 3 is 2.53 bits per heavy atom. The quantitative estimate of drug-likeness (QED) is 0.893. The molecule has 1 unspecified atom stereocenters. The number of hydrogen-bond donors (Lipinski definition) is 2. The average molecular weight is 277 g/mol. The number of thiazole rings is 1. The van der Waals surface area contributed by atoms with Crippen LogP contribution in [0.5, 0.6) is 0 Å². The first-order valence-electron chi connectivity index (χ1n) is 5.70. The van der Waals surface area contributed by atoms with E-state index in [4.69, 9.17) is 10.8 Å². The number of carbonyl (C=O) groups is 1. The SMILES string of the molecule is CN(C)c1ccc(-c2nc(C(N)C(=O)O)cs2)cc1. The van der Waals surface area contributed by atoms with E-state index >= 15 is 0 Å². The highest BCUT2D eigenvalue weighted by molar-refractivity contribution is 7.13. The Balaban J connectivity index is 2.25. The van der Waals surface area contributed by atoms with E-state index in [2.05, 4.69) is 4.98 Å². The minimum atomic E-state index is -1.07. The molecule has 2 rings (SSSR count). The molecule has 0 aliphatic heterocycles. The zero-order valence-electron chi connectivity index (χ0n) is 10.7. The Morgan fingerprint density at radius 2 is 2.00 bits per heavy atom. The smallest absolute Gasteiger partial charge is 0.326 e. The summed E-state index contributed by atoms with van der Waals surface area (Å²) in [6.45, 7) is 0. The summed E-state index contributed by atoms with van der Waals surface area (Å²) in [4.78, 5) is 17.1. The normalized spacial score (nSPS) is 12.2. The maximum absolute atomic E-state index is 10.8. The van der Waals surface area contributed by atoms with Gasteiger partial charge < -0.3 is 15.7 Å². The van der Waals surface area contributed by atoms with Gasteiger partial charge in [0.25, 0.3) is 0 Å². The third-order valence-corrected chi connectivity index (χ3v) is 3.65. The van der Waals surface area contributed by atoms with Gasteiger partial charge in [-0.2, -0.15) is 0 Å². The fourth-order valence-corrected chi connectivity index (χ4v) is 2.45. The number of hydrogen-bond acceptors (Lipinski definition) is 5. The summed E-state index contributed by atoms with van der Waals surface area (Å²) < 4.78 is 0. The number of benzene rings is 1. The summed E-state index contributed by atoms with van der Waals surface area (Å²) in [5.74, 6) is -1.07. The summed E-state index contributed by atoms with van der Waals surface area (Å²) in [5, 5.41) is 11.3. The van der Waals surface area contributed by atoms with Crippen molar-refractivity contribution in [3.8, 4) is 10.6 Å². The van der Waals surface area contributed by atoms with E-state index < -0.39 is 12.0 Å². The van der Waals surface area contributed by atoms with Crippen LogP contribution in [-0.4, -0.2) is 30.2 Å². The summed E-state index contributed by atoms with van der Waals surface area (Å²) >= 11 is 1.39. The molecule has 1 aromatic carbocycles. The first-order chi connectivity index (χ1) is 8.99. The van der Waals surface area contributed by atoms with Gasteiger partial charge >= 0.3 is 5.97 Å². The summed E-state index contributed by atoms with van der Waals surface area (Å²) in [7, 11) is 3.95. The number of carboxylic acid groups (broad SMARTS) is 1. The van der Waals surface area contributed by atoms with Gasteiger partial charge in [0.15, 0.2) is 0 Å². The topological polar surface area (TPSA) is 79.5 Å². The molecule has 0 saturated heterocycles. The Hall–Kier alpha value is -1.92. The zero-order valence-corrected chi connectivity index (χ0v) is 11.5. The molecule has 0 spiro atoms. The number of nitrogens with zero attached hydrogens (tertiary/aromatic N) is 2. The van der Waals surface area contributed by atoms with E-state index in [1.165, 1.54) is 11.3 Å². The standard InChI is InChI=1S/C13H15N3O2S/c1-16(2)9-5-3-8(4-6-9)12-15-10(7-19-12)11(14)13(17)18/h3-7,11H,14H2,1-2H3,(H,17,18). The molecule has 0 amide bonds. The molecule has 2 aromatic rings. The lowest BCUT2D eigenvalue weighted by atomic mass is 10.2. The van der Waals surface area contributed by atoms with Gasteiger partial charge in [-0.25, -0.2) is 4.98 Å². The van der Waals surface area contributed by atoms with Crippen LogP contribution in [0.2, 0.25) is 0 Å². The van der Waals surface area contributed by atoms with Crippen LogP contribution >= 0.6 is 11.3 Å². The van der Waals surface area contributed by atoms with Crippen molar-refractivity contribution < 1.29 is 9.90 Å². The van der Waals surface area contributed by atoms with Gasteiger partial charge in [0.05, 0.1) is 5.69 Å². The molecule has 0 radical (unpaired) electrons. The van der Waals surface area contributed by atoms with Gasteiger partial charge in [-0.05, 0) is 24.3 Å². The molecule has 1 aromatic heterocycles. The molecule has 0 bridgehead atoms. The number of anilines is 1.